The Morgan fingerprint density at radius 2 is 0.325 bits per heavy atom. The Bertz CT molecular complexity index is 4300. The van der Waals surface area contributed by atoms with Crippen LogP contribution in [0, 0.1) is 0 Å². The van der Waals surface area contributed by atoms with E-state index >= 15 is 0 Å². The van der Waals surface area contributed by atoms with E-state index in [4.69, 9.17) is 56.8 Å². The van der Waals surface area contributed by atoms with Crippen LogP contribution < -0.4 is 56.8 Å². The highest BCUT2D eigenvalue weighted by Crippen LogP contribution is 2.50. The largest absolute Gasteiger partial charge is 0.490 e. The number of aryl methyl sites for hydroxylation is 2. The molecule has 0 aliphatic rings. The Morgan fingerprint density at radius 3 is 0.472 bits per heavy atom. The number of unbranched alkanes of at least 4 members (excludes halogenated alkanes) is 30. The maximum Gasteiger partial charge on any atom is 0.162 e. The van der Waals surface area contributed by atoms with Gasteiger partial charge in [-0.1, -0.05) is 272 Å². The minimum Gasteiger partial charge on any atom is -0.490 e. The van der Waals surface area contributed by atoms with Crippen molar-refractivity contribution in [2.75, 3.05) is 66.1 Å². The number of ether oxygens (including phenoxy) is 12. The molecule has 123 heavy (non-hydrogen) atoms. The van der Waals surface area contributed by atoms with Crippen molar-refractivity contribution in [2.24, 2.45) is 0 Å². The third-order valence-electron chi connectivity index (χ3n) is 23.5. The first kappa shape index (κ1) is 96.4. The minimum atomic E-state index is 0.177. The van der Waals surface area contributed by atoms with Gasteiger partial charge >= 0.3 is 0 Å². The maximum atomic E-state index is 6.95. The molecule has 18 nitrogen and oxygen atoms in total. The summed E-state index contributed by atoms with van der Waals surface area (Å²) in [5.74, 6) is 8.68. The summed E-state index contributed by atoms with van der Waals surface area (Å²) in [6.45, 7) is 30.0. The van der Waals surface area contributed by atoms with E-state index in [1.165, 1.54) is 51.4 Å². The molecule has 676 valence electrons. The van der Waals surface area contributed by atoms with Gasteiger partial charge in [0.2, 0.25) is 0 Å². The SMILES string of the molecule is CCCCCCOc1cc2c3cc(OCCCCCC)c(OCCCCCC)cc3c3cc(OCc4cn(CCCn5cc(COc6cc7c8cc(OCCCCCC)c(OCCCCCC)cc8c8cc(OCCCCCC)c(OCCCCCC)cc8c7cc6OCCCCCC)nn5)nn4)c(OCCCCCC)cc3c2cc1OCCCCCC. The number of rotatable bonds is 70. The summed E-state index contributed by atoms with van der Waals surface area (Å²) < 4.78 is 85.7. The monoisotopic (exact) mass is 1690 g/mol. The quantitative estimate of drug-likeness (QED) is 0.0260. The van der Waals surface area contributed by atoms with Crippen LogP contribution in [0.1, 0.15) is 344 Å². The Morgan fingerprint density at radius 1 is 0.179 bits per heavy atom. The van der Waals surface area contributed by atoms with E-state index in [1.54, 1.807) is 0 Å². The lowest BCUT2D eigenvalue weighted by molar-refractivity contribution is 0.256. The number of hydrogen-bond acceptors (Lipinski definition) is 16. The zero-order chi connectivity index (χ0) is 86.3. The van der Waals surface area contributed by atoms with Gasteiger partial charge in [-0.25, -0.2) is 0 Å². The molecule has 0 saturated heterocycles. The van der Waals surface area contributed by atoms with Crippen LogP contribution in [0.5, 0.6) is 69.0 Å². The molecule has 0 radical (unpaired) electrons. The van der Waals surface area contributed by atoms with Gasteiger partial charge in [0.25, 0.3) is 0 Å². The van der Waals surface area contributed by atoms with Crippen molar-refractivity contribution in [3.63, 3.8) is 0 Å². The van der Waals surface area contributed by atoms with Gasteiger partial charge in [0.1, 0.15) is 24.6 Å². The molecule has 0 fully saturated rings. The van der Waals surface area contributed by atoms with Crippen LogP contribution in [0.15, 0.2) is 85.2 Å². The molecule has 2 aromatic heterocycles. The summed E-state index contributed by atoms with van der Waals surface area (Å²) in [4.78, 5) is 0. The predicted octanol–water partition coefficient (Wildman–Crippen LogP) is 29.6. The van der Waals surface area contributed by atoms with Gasteiger partial charge in [-0.3, -0.25) is 9.36 Å². The molecule has 2 heterocycles. The second kappa shape index (κ2) is 55.5. The van der Waals surface area contributed by atoms with Crippen molar-refractivity contribution in [1.82, 2.24) is 30.0 Å². The molecule has 0 unspecified atom stereocenters. The first-order valence-corrected chi connectivity index (χ1v) is 49.1. The summed E-state index contributed by atoms with van der Waals surface area (Å²) in [6, 6.07) is 26.4. The fourth-order valence-corrected chi connectivity index (χ4v) is 16.2. The third-order valence-corrected chi connectivity index (χ3v) is 23.5. The molecular weight excluding hydrogens is 1540 g/mol. The van der Waals surface area contributed by atoms with Crippen molar-refractivity contribution in [3.8, 4) is 69.0 Å². The number of aromatic nitrogens is 6. The zero-order valence-corrected chi connectivity index (χ0v) is 77.6. The third kappa shape index (κ3) is 30.2. The van der Waals surface area contributed by atoms with Crippen LogP contribution in [0.3, 0.4) is 0 Å². The van der Waals surface area contributed by atoms with E-state index in [0.717, 1.165) is 323 Å². The molecule has 0 saturated carbocycles. The molecule has 8 aromatic carbocycles. The molecule has 0 bridgehead atoms. The van der Waals surface area contributed by atoms with Crippen molar-refractivity contribution in [3.05, 3.63) is 96.6 Å². The first-order chi connectivity index (χ1) is 60.7. The Kier molecular flexibility index (Phi) is 43.5. The van der Waals surface area contributed by atoms with Crippen molar-refractivity contribution in [2.45, 2.75) is 359 Å². The number of nitrogens with zero attached hydrogens (tertiary/aromatic N) is 6. The number of benzene rings is 8. The molecule has 0 amide bonds. The molecule has 0 spiro atoms. The van der Waals surface area contributed by atoms with Crippen LogP contribution >= 0.6 is 0 Å². The molecule has 0 aliphatic heterocycles. The highest BCUT2D eigenvalue weighted by molar-refractivity contribution is 6.28. The Labute approximate surface area is 737 Å². The lowest BCUT2D eigenvalue weighted by atomic mass is 9.93. The van der Waals surface area contributed by atoms with Gasteiger partial charge in [-0.15, -0.1) is 10.2 Å². The fraction of sp³-hybridized carbons (Fsp3) is 0.619. The summed E-state index contributed by atoms with van der Waals surface area (Å²) in [6.07, 6.45) is 48.6. The fourth-order valence-electron chi connectivity index (χ4n) is 16.2. The summed E-state index contributed by atoms with van der Waals surface area (Å²) in [5.41, 5.74) is 1.40. The van der Waals surface area contributed by atoms with E-state index < -0.39 is 0 Å². The lowest BCUT2D eigenvalue weighted by Gasteiger charge is -2.20. The smallest absolute Gasteiger partial charge is 0.162 e. The summed E-state index contributed by atoms with van der Waals surface area (Å²) in [7, 11) is 0. The standard InChI is InChI=1S/C105H154N6O12/c1-11-21-31-41-54-112-94-64-82-84-66-96(114-56-43-33-23-13-3)100(118-60-47-37-27-17-7)70-88(84)92-74-104(102(120-62-49-39-29-19-9)72-90(92)86(82)68-98(94)116-58-45-35-25-15-5)122-78-80-76-110(108-106-80)52-51-53-111-77-81(107-109-111)79-123-105-75-93-89-71-101(119-61-48-38-28-18-8)97(115-57-44-34-24-14-4)67-85(89)83-65-95(113-55-42-32-22-12-2)99(117-59-46-36-26-16-6)69-87(83)91(93)73-103(105)121-63-50-40-30-20-10/h64-77H,11-63,78-79H2,1-10H3. The molecule has 0 aliphatic carbocycles. The van der Waals surface area contributed by atoms with Gasteiger partial charge in [0, 0.05) is 13.1 Å². The van der Waals surface area contributed by atoms with E-state index in [9.17, 15) is 0 Å². The van der Waals surface area contributed by atoms with Crippen LogP contribution in [0.25, 0.3) is 64.6 Å². The molecule has 0 N–H and O–H groups in total. The topological polar surface area (TPSA) is 172 Å². The molecule has 10 aromatic rings. The van der Waals surface area contributed by atoms with Gasteiger partial charge in [0.05, 0.1) is 78.5 Å². The summed E-state index contributed by atoms with van der Waals surface area (Å²) in [5, 5.41) is 31.1. The number of fused-ring (bicyclic) bond motifs is 12. The second-order valence-electron chi connectivity index (χ2n) is 34.0. The second-order valence-corrected chi connectivity index (χ2v) is 34.0. The van der Waals surface area contributed by atoms with Crippen LogP contribution in [0.2, 0.25) is 0 Å². The van der Waals surface area contributed by atoms with Crippen molar-refractivity contribution >= 4 is 64.6 Å². The van der Waals surface area contributed by atoms with Gasteiger partial charge in [-0.2, -0.15) is 0 Å². The Balaban J connectivity index is 0.938. The maximum absolute atomic E-state index is 6.95. The molecule has 0 atom stereocenters. The lowest BCUT2D eigenvalue weighted by Crippen LogP contribution is -2.05. The van der Waals surface area contributed by atoms with E-state index in [1.807, 2.05) is 21.8 Å². The van der Waals surface area contributed by atoms with Gasteiger partial charge < -0.3 is 56.8 Å². The van der Waals surface area contributed by atoms with Gasteiger partial charge in [-0.05, 0) is 208 Å². The predicted molar refractivity (Wildman–Crippen MR) is 508 cm³/mol. The highest BCUT2D eigenvalue weighted by Gasteiger charge is 2.25. The van der Waals surface area contributed by atoms with Crippen LogP contribution in [-0.4, -0.2) is 96.1 Å². The normalized spacial score (nSPS) is 11.7. The van der Waals surface area contributed by atoms with E-state index in [0.29, 0.717) is 114 Å². The van der Waals surface area contributed by atoms with E-state index in [2.05, 4.69) is 163 Å². The van der Waals surface area contributed by atoms with Gasteiger partial charge in [0.15, 0.2) is 69.0 Å². The highest BCUT2D eigenvalue weighted by atomic mass is 16.5. The van der Waals surface area contributed by atoms with Crippen LogP contribution in [-0.2, 0) is 26.3 Å². The average Bonchev–Trinajstić information content (AvgIpc) is 0.918. The molecular formula is C105H154N6O12. The van der Waals surface area contributed by atoms with Crippen LogP contribution in [0.4, 0.5) is 0 Å². The minimum absolute atomic E-state index is 0.177. The number of hydrogen-bond donors (Lipinski definition) is 0. The van der Waals surface area contributed by atoms with Crippen molar-refractivity contribution < 1.29 is 56.8 Å². The van der Waals surface area contributed by atoms with Crippen molar-refractivity contribution in [1.29, 1.82) is 0 Å². The first-order valence-electron chi connectivity index (χ1n) is 49.1. The Hall–Kier alpha value is -8.80. The molecule has 18 heteroatoms. The molecule has 10 rings (SSSR count). The zero-order valence-electron chi connectivity index (χ0n) is 77.6. The summed E-state index contributed by atoms with van der Waals surface area (Å²) >= 11 is 0. The van der Waals surface area contributed by atoms with E-state index in [-0.39, 0.29) is 13.2 Å². The average molecular weight is 1690 g/mol.